The Morgan fingerprint density at radius 2 is 2.31 bits per heavy atom. The van der Waals surface area contributed by atoms with Crippen molar-refractivity contribution in [1.29, 1.82) is 0 Å². The summed E-state index contributed by atoms with van der Waals surface area (Å²) in [6.07, 6.45) is 0.873. The molecule has 0 saturated heterocycles. The highest BCUT2D eigenvalue weighted by atomic mass is 79.9. The fraction of sp³-hybridized carbons (Fsp3) is 0.400. The minimum atomic E-state index is -0.176. The molecule has 0 saturated carbocycles. The number of ether oxygens (including phenoxy) is 1. The van der Waals surface area contributed by atoms with Crippen molar-refractivity contribution < 1.29 is 9.13 Å². The van der Waals surface area contributed by atoms with Crippen molar-refractivity contribution in [2.24, 2.45) is 0 Å². The summed E-state index contributed by atoms with van der Waals surface area (Å²) < 4.78 is 18.3. The van der Waals surface area contributed by atoms with Crippen LogP contribution in [0, 0.1) is 5.82 Å². The molecule has 3 heteroatoms. The van der Waals surface area contributed by atoms with Gasteiger partial charge in [-0.25, -0.2) is 4.39 Å². The number of fused-ring (bicyclic) bond motifs is 1. The molecule has 0 aliphatic carbocycles. The molecule has 1 nitrogen and oxygen atoms in total. The average Bonchev–Trinajstić information content (AvgIpc) is 2.29. The van der Waals surface area contributed by atoms with Gasteiger partial charge < -0.3 is 4.74 Å². The lowest BCUT2D eigenvalue weighted by molar-refractivity contribution is 0.146. The summed E-state index contributed by atoms with van der Waals surface area (Å²) in [6.45, 7) is 1.34. The molecule has 1 aromatic rings. The third kappa shape index (κ3) is 1.92. The van der Waals surface area contributed by atoms with Gasteiger partial charge in [-0.1, -0.05) is 22.0 Å². The zero-order chi connectivity index (χ0) is 9.26. The molecule has 0 radical (unpaired) electrons. The molecule has 0 spiro atoms. The number of halogens is 2. The molecule has 0 bridgehead atoms. The van der Waals surface area contributed by atoms with Crippen molar-refractivity contribution in [3.63, 3.8) is 0 Å². The van der Waals surface area contributed by atoms with Crippen LogP contribution in [0.3, 0.4) is 0 Å². The predicted molar refractivity (Wildman–Crippen MR) is 52.6 cm³/mol. The summed E-state index contributed by atoms with van der Waals surface area (Å²) in [7, 11) is 0. The van der Waals surface area contributed by atoms with Crippen molar-refractivity contribution in [1.82, 2.24) is 0 Å². The number of rotatable bonds is 0. The molecule has 0 N–H and O–H groups in total. The van der Waals surface area contributed by atoms with Crippen LogP contribution >= 0.6 is 15.9 Å². The van der Waals surface area contributed by atoms with Crippen LogP contribution in [0.15, 0.2) is 18.2 Å². The summed E-state index contributed by atoms with van der Waals surface area (Å²) in [5.41, 5.74) is 2.21. The lowest BCUT2D eigenvalue weighted by atomic mass is 10.0. The van der Waals surface area contributed by atoms with Gasteiger partial charge in [-0.15, -0.1) is 0 Å². The van der Waals surface area contributed by atoms with Crippen LogP contribution in [0.2, 0.25) is 0 Å². The quantitative estimate of drug-likeness (QED) is 0.638. The van der Waals surface area contributed by atoms with E-state index in [9.17, 15) is 4.39 Å². The largest absolute Gasteiger partial charge is 0.380 e. The van der Waals surface area contributed by atoms with Crippen LogP contribution in [0.4, 0.5) is 4.39 Å². The molecule has 0 fully saturated rings. The van der Waals surface area contributed by atoms with Crippen molar-refractivity contribution >= 4 is 15.9 Å². The van der Waals surface area contributed by atoms with Gasteiger partial charge in [-0.3, -0.25) is 0 Å². The van der Waals surface area contributed by atoms with E-state index in [4.69, 9.17) is 4.74 Å². The Balaban J connectivity index is 2.43. The van der Waals surface area contributed by atoms with Crippen molar-refractivity contribution in [2.45, 2.75) is 11.2 Å². The third-order valence-corrected chi connectivity index (χ3v) is 2.98. The van der Waals surface area contributed by atoms with Crippen LogP contribution < -0.4 is 0 Å². The van der Waals surface area contributed by atoms with E-state index in [0.29, 0.717) is 6.61 Å². The van der Waals surface area contributed by atoms with Gasteiger partial charge in [0.15, 0.2) is 0 Å². The van der Waals surface area contributed by atoms with E-state index in [-0.39, 0.29) is 10.6 Å². The zero-order valence-corrected chi connectivity index (χ0v) is 8.68. The highest BCUT2D eigenvalue weighted by Crippen LogP contribution is 2.29. The van der Waals surface area contributed by atoms with Crippen LogP contribution in [0.1, 0.15) is 16.0 Å². The molecule has 0 aromatic heterocycles. The number of hydrogen-bond acceptors (Lipinski definition) is 1. The van der Waals surface area contributed by atoms with E-state index >= 15 is 0 Å². The Kier molecular flexibility index (Phi) is 2.65. The van der Waals surface area contributed by atoms with Gasteiger partial charge in [0.2, 0.25) is 0 Å². The molecule has 2 rings (SSSR count). The standard InChI is InChI=1S/C10H10BrFO/c11-10-6-13-4-3-7-1-2-8(12)5-9(7)10/h1-2,5,10H,3-4,6H2. The van der Waals surface area contributed by atoms with Crippen LogP contribution in [-0.2, 0) is 11.2 Å². The van der Waals surface area contributed by atoms with Gasteiger partial charge in [-0.05, 0) is 29.7 Å². The minimum Gasteiger partial charge on any atom is -0.380 e. The lowest BCUT2D eigenvalue weighted by Crippen LogP contribution is -1.98. The molecule has 70 valence electrons. The minimum absolute atomic E-state index is 0.126. The van der Waals surface area contributed by atoms with Crippen LogP contribution in [-0.4, -0.2) is 13.2 Å². The van der Waals surface area contributed by atoms with Crippen LogP contribution in [0.25, 0.3) is 0 Å². The maximum atomic E-state index is 12.9. The Hall–Kier alpha value is -0.410. The van der Waals surface area contributed by atoms with Gasteiger partial charge in [0, 0.05) is 0 Å². The topological polar surface area (TPSA) is 9.23 Å². The summed E-state index contributed by atoms with van der Waals surface area (Å²) in [4.78, 5) is 0.126. The van der Waals surface area contributed by atoms with Crippen molar-refractivity contribution in [2.75, 3.05) is 13.2 Å². The number of alkyl halides is 1. The maximum Gasteiger partial charge on any atom is 0.123 e. The van der Waals surface area contributed by atoms with Gasteiger partial charge >= 0.3 is 0 Å². The summed E-state index contributed by atoms with van der Waals surface area (Å²) in [5.74, 6) is -0.176. The molecule has 1 atom stereocenters. The first-order valence-electron chi connectivity index (χ1n) is 4.27. The van der Waals surface area contributed by atoms with Gasteiger partial charge in [0.05, 0.1) is 18.0 Å². The van der Waals surface area contributed by atoms with E-state index in [1.165, 1.54) is 11.6 Å². The highest BCUT2D eigenvalue weighted by molar-refractivity contribution is 9.09. The Morgan fingerprint density at radius 1 is 1.46 bits per heavy atom. The Bertz CT molecular complexity index is 314. The fourth-order valence-electron chi connectivity index (χ4n) is 1.54. The summed E-state index contributed by atoms with van der Waals surface area (Å²) in [5, 5.41) is 0. The first-order valence-corrected chi connectivity index (χ1v) is 5.19. The molecular formula is C10H10BrFO. The average molecular weight is 245 g/mol. The molecule has 0 amide bonds. The van der Waals surface area contributed by atoms with E-state index in [1.54, 1.807) is 6.07 Å². The molecule has 1 aromatic carbocycles. The normalized spacial score (nSPS) is 22.2. The van der Waals surface area contributed by atoms with E-state index < -0.39 is 0 Å². The second-order valence-electron chi connectivity index (χ2n) is 3.14. The molecular weight excluding hydrogens is 235 g/mol. The molecule has 1 unspecified atom stereocenters. The summed E-state index contributed by atoms with van der Waals surface area (Å²) >= 11 is 3.48. The second-order valence-corrected chi connectivity index (χ2v) is 4.24. The predicted octanol–water partition coefficient (Wildman–Crippen LogP) is 2.83. The van der Waals surface area contributed by atoms with Gasteiger partial charge in [-0.2, -0.15) is 0 Å². The summed E-state index contributed by atoms with van der Waals surface area (Å²) in [6, 6.07) is 4.93. The van der Waals surface area contributed by atoms with Gasteiger partial charge in [0.1, 0.15) is 5.82 Å². The zero-order valence-electron chi connectivity index (χ0n) is 7.09. The SMILES string of the molecule is Fc1ccc2c(c1)C(Br)COCC2. The number of benzene rings is 1. The van der Waals surface area contributed by atoms with Gasteiger partial charge in [0.25, 0.3) is 0 Å². The Labute approximate surface area is 85.0 Å². The van der Waals surface area contributed by atoms with Crippen LogP contribution in [0.5, 0.6) is 0 Å². The molecule has 1 aliphatic heterocycles. The molecule has 13 heavy (non-hydrogen) atoms. The molecule has 1 aliphatic rings. The molecule has 1 heterocycles. The monoisotopic (exact) mass is 244 g/mol. The van der Waals surface area contributed by atoms with E-state index in [1.807, 2.05) is 6.07 Å². The van der Waals surface area contributed by atoms with Crippen molar-refractivity contribution in [3.05, 3.63) is 35.1 Å². The fourth-order valence-corrected chi connectivity index (χ4v) is 2.16. The lowest BCUT2D eigenvalue weighted by Gasteiger charge is -2.09. The van der Waals surface area contributed by atoms with E-state index in [0.717, 1.165) is 18.6 Å². The first kappa shape index (κ1) is 9.16. The third-order valence-electron chi connectivity index (χ3n) is 2.23. The first-order chi connectivity index (χ1) is 6.27. The Morgan fingerprint density at radius 3 is 3.15 bits per heavy atom. The van der Waals surface area contributed by atoms with E-state index in [2.05, 4.69) is 15.9 Å². The maximum absolute atomic E-state index is 12.9. The van der Waals surface area contributed by atoms with Crippen molar-refractivity contribution in [3.8, 4) is 0 Å². The smallest absolute Gasteiger partial charge is 0.123 e. The highest BCUT2D eigenvalue weighted by Gasteiger charge is 2.16. The second kappa shape index (κ2) is 3.76. The number of hydrogen-bond donors (Lipinski definition) is 0.